The Morgan fingerprint density at radius 1 is 1.24 bits per heavy atom. The summed E-state index contributed by atoms with van der Waals surface area (Å²) in [5.74, 6) is -0.0701. The first-order chi connectivity index (χ1) is 10.00. The van der Waals surface area contributed by atoms with Crippen LogP contribution >= 0.6 is 15.9 Å². The molecule has 0 saturated heterocycles. The smallest absolute Gasteiger partial charge is 0.236 e. The fourth-order valence-electron chi connectivity index (χ4n) is 1.91. The predicted octanol–water partition coefficient (Wildman–Crippen LogP) is 2.51. The highest BCUT2D eigenvalue weighted by molar-refractivity contribution is 9.10. The minimum Gasteiger partial charge on any atom is -0.316 e. The highest BCUT2D eigenvalue weighted by Gasteiger charge is 2.13. The molecule has 1 aromatic heterocycles. The van der Waals surface area contributed by atoms with Crippen molar-refractivity contribution in [2.75, 3.05) is 11.8 Å². The lowest BCUT2D eigenvalue weighted by atomic mass is 10.1. The lowest BCUT2D eigenvalue weighted by Crippen LogP contribution is -2.15. The minimum absolute atomic E-state index is 0.0701. The third-order valence-corrected chi connectivity index (χ3v) is 4.64. The van der Waals surface area contributed by atoms with Gasteiger partial charge < -0.3 is 5.32 Å². The van der Waals surface area contributed by atoms with E-state index in [0.29, 0.717) is 16.7 Å². The summed E-state index contributed by atoms with van der Waals surface area (Å²) >= 11 is 3.27. The summed E-state index contributed by atoms with van der Waals surface area (Å²) in [6, 6.07) is 9.12. The molecule has 0 saturated carbocycles. The van der Waals surface area contributed by atoms with Gasteiger partial charge in [0.2, 0.25) is 10.0 Å². The molecule has 0 aliphatic rings. The molecule has 0 radical (unpaired) electrons. The van der Waals surface area contributed by atoms with Gasteiger partial charge in [0.1, 0.15) is 0 Å². The predicted molar refractivity (Wildman–Crippen MR) is 87.4 cm³/mol. The van der Waals surface area contributed by atoms with Gasteiger partial charge in [-0.05, 0) is 40.2 Å². The Balaban J connectivity index is 2.14. The molecule has 112 valence electrons. The molecule has 21 heavy (non-hydrogen) atoms. The maximum absolute atomic E-state index is 12.2. The number of aromatic nitrogens is 1. The third-order valence-electron chi connectivity index (χ3n) is 2.77. The first-order valence-corrected chi connectivity index (χ1v) is 8.77. The highest BCUT2D eigenvalue weighted by atomic mass is 79.9. The maximum atomic E-state index is 12.2. The number of benzene rings is 1. The van der Waals surface area contributed by atoms with Gasteiger partial charge in [0, 0.05) is 18.9 Å². The van der Waals surface area contributed by atoms with Crippen molar-refractivity contribution in [1.82, 2.24) is 10.3 Å². The van der Waals surface area contributed by atoms with Crippen LogP contribution in [0.2, 0.25) is 0 Å². The molecule has 2 rings (SSSR count). The van der Waals surface area contributed by atoms with E-state index in [9.17, 15) is 8.42 Å². The Bertz CT molecular complexity index is 720. The summed E-state index contributed by atoms with van der Waals surface area (Å²) in [5, 5.41) is 3.04. The lowest BCUT2D eigenvalue weighted by Gasteiger charge is -2.10. The molecule has 0 fully saturated rings. The summed E-state index contributed by atoms with van der Waals surface area (Å²) in [7, 11) is -1.62. The lowest BCUT2D eigenvalue weighted by molar-refractivity contribution is 0.600. The summed E-state index contributed by atoms with van der Waals surface area (Å²) in [6.45, 7) is 0.706. The zero-order chi connectivity index (χ0) is 15.3. The fraction of sp³-hybridized carbons (Fsp3) is 0.214. The van der Waals surface area contributed by atoms with Crippen LogP contribution in [0.5, 0.6) is 0 Å². The Labute approximate surface area is 133 Å². The van der Waals surface area contributed by atoms with E-state index in [4.69, 9.17) is 0 Å². The molecular weight excluding hydrogens is 354 g/mol. The number of sulfonamides is 1. The Hall–Kier alpha value is -1.44. The summed E-state index contributed by atoms with van der Waals surface area (Å²) in [4.78, 5) is 3.90. The molecule has 0 bridgehead atoms. The quantitative estimate of drug-likeness (QED) is 0.820. The van der Waals surface area contributed by atoms with Crippen molar-refractivity contribution in [3.05, 3.63) is 58.3 Å². The number of rotatable bonds is 6. The molecule has 2 aromatic rings. The molecule has 5 nitrogen and oxygen atoms in total. The highest BCUT2D eigenvalue weighted by Crippen LogP contribution is 2.22. The zero-order valence-electron chi connectivity index (χ0n) is 11.5. The summed E-state index contributed by atoms with van der Waals surface area (Å²) in [5.41, 5.74) is 2.28. The van der Waals surface area contributed by atoms with Crippen LogP contribution in [-0.4, -0.2) is 20.4 Å². The number of hydrogen-bond donors (Lipinski definition) is 2. The van der Waals surface area contributed by atoms with Crippen LogP contribution in [0.15, 0.2) is 47.2 Å². The molecule has 7 heteroatoms. The molecule has 0 aliphatic heterocycles. The van der Waals surface area contributed by atoms with Gasteiger partial charge in [0.25, 0.3) is 0 Å². The van der Waals surface area contributed by atoms with Crippen molar-refractivity contribution < 1.29 is 8.42 Å². The van der Waals surface area contributed by atoms with Gasteiger partial charge in [-0.2, -0.15) is 0 Å². The molecule has 0 spiro atoms. The average Bonchev–Trinajstić information content (AvgIpc) is 2.41. The third kappa shape index (κ3) is 4.80. The monoisotopic (exact) mass is 369 g/mol. The number of anilines is 1. The minimum atomic E-state index is -3.47. The average molecular weight is 370 g/mol. The van der Waals surface area contributed by atoms with E-state index in [2.05, 4.69) is 31.0 Å². The summed E-state index contributed by atoms with van der Waals surface area (Å²) in [6.07, 6.45) is 3.08. The zero-order valence-corrected chi connectivity index (χ0v) is 13.9. The number of halogens is 1. The van der Waals surface area contributed by atoms with Crippen LogP contribution in [0.1, 0.15) is 11.1 Å². The first kappa shape index (κ1) is 15.9. The van der Waals surface area contributed by atoms with E-state index < -0.39 is 10.0 Å². The molecule has 1 heterocycles. The Kier molecular flexibility index (Phi) is 5.33. The SMILES string of the molecule is CNCc1cccc(CS(=O)(=O)Nc2ccncc2Br)c1. The molecule has 0 unspecified atom stereocenters. The standard InChI is InChI=1S/C14H16BrN3O2S/c1-16-8-11-3-2-4-12(7-11)10-21(19,20)18-14-5-6-17-9-13(14)15/h2-7,9,16H,8,10H2,1H3,(H,17,18). The van der Waals surface area contributed by atoms with Crippen LogP contribution in [0.25, 0.3) is 0 Å². The first-order valence-electron chi connectivity index (χ1n) is 6.32. The normalized spacial score (nSPS) is 11.3. The van der Waals surface area contributed by atoms with Crippen molar-refractivity contribution in [3.63, 3.8) is 0 Å². The second kappa shape index (κ2) is 7.02. The van der Waals surface area contributed by atoms with Crippen LogP contribution < -0.4 is 10.0 Å². The van der Waals surface area contributed by atoms with Gasteiger partial charge in [0.15, 0.2) is 0 Å². The van der Waals surface area contributed by atoms with Crippen LogP contribution in [0, 0.1) is 0 Å². The second-order valence-corrected chi connectivity index (χ2v) is 7.14. The number of nitrogens with one attached hydrogen (secondary N) is 2. The summed E-state index contributed by atoms with van der Waals surface area (Å²) < 4.78 is 27.6. The van der Waals surface area contributed by atoms with Crippen molar-refractivity contribution in [3.8, 4) is 0 Å². The van der Waals surface area contributed by atoms with Crippen LogP contribution in [-0.2, 0) is 22.3 Å². The fourth-order valence-corrected chi connectivity index (χ4v) is 3.60. The second-order valence-electron chi connectivity index (χ2n) is 4.57. The van der Waals surface area contributed by atoms with Crippen LogP contribution in [0.4, 0.5) is 5.69 Å². The van der Waals surface area contributed by atoms with E-state index in [1.807, 2.05) is 25.2 Å². The van der Waals surface area contributed by atoms with E-state index >= 15 is 0 Å². The Morgan fingerprint density at radius 3 is 2.71 bits per heavy atom. The van der Waals surface area contributed by atoms with E-state index in [1.165, 1.54) is 6.20 Å². The van der Waals surface area contributed by atoms with Crippen molar-refractivity contribution in [1.29, 1.82) is 0 Å². The Morgan fingerprint density at radius 2 is 2.00 bits per heavy atom. The molecule has 1 aromatic carbocycles. The van der Waals surface area contributed by atoms with Crippen molar-refractivity contribution >= 4 is 31.6 Å². The van der Waals surface area contributed by atoms with Crippen molar-refractivity contribution in [2.45, 2.75) is 12.3 Å². The van der Waals surface area contributed by atoms with Gasteiger partial charge in [-0.25, -0.2) is 8.42 Å². The largest absolute Gasteiger partial charge is 0.316 e. The number of nitrogens with zero attached hydrogens (tertiary/aromatic N) is 1. The maximum Gasteiger partial charge on any atom is 0.236 e. The molecular formula is C14H16BrN3O2S. The molecule has 0 atom stereocenters. The van der Waals surface area contributed by atoms with Gasteiger partial charge in [-0.1, -0.05) is 24.3 Å². The van der Waals surface area contributed by atoms with Gasteiger partial charge >= 0.3 is 0 Å². The van der Waals surface area contributed by atoms with Crippen LogP contribution in [0.3, 0.4) is 0 Å². The van der Waals surface area contributed by atoms with Gasteiger partial charge in [-0.15, -0.1) is 0 Å². The molecule has 0 aliphatic carbocycles. The van der Waals surface area contributed by atoms with E-state index in [0.717, 1.165) is 11.1 Å². The van der Waals surface area contributed by atoms with Crippen molar-refractivity contribution in [2.24, 2.45) is 0 Å². The van der Waals surface area contributed by atoms with E-state index in [-0.39, 0.29) is 5.75 Å². The van der Waals surface area contributed by atoms with Gasteiger partial charge in [0.05, 0.1) is 15.9 Å². The number of hydrogen-bond acceptors (Lipinski definition) is 4. The molecule has 0 amide bonds. The topological polar surface area (TPSA) is 71.1 Å². The molecule has 2 N–H and O–H groups in total. The van der Waals surface area contributed by atoms with Gasteiger partial charge in [-0.3, -0.25) is 9.71 Å². The number of pyridine rings is 1. The van der Waals surface area contributed by atoms with E-state index in [1.54, 1.807) is 18.3 Å².